The van der Waals surface area contributed by atoms with Gasteiger partial charge in [-0.3, -0.25) is 4.79 Å². The quantitative estimate of drug-likeness (QED) is 0.475. The van der Waals surface area contributed by atoms with E-state index < -0.39 is 0 Å². The third kappa shape index (κ3) is 5.45. The maximum absolute atomic E-state index is 11.7. The lowest BCUT2D eigenvalue weighted by molar-refractivity contribution is -0.697. The van der Waals surface area contributed by atoms with Crippen LogP contribution in [-0.2, 0) is 16.1 Å². The predicted octanol–water partition coefficient (Wildman–Crippen LogP) is 2.76. The topological polar surface area (TPSA) is 30.2 Å². The summed E-state index contributed by atoms with van der Waals surface area (Å²) in [5, 5.41) is 0. The van der Waals surface area contributed by atoms with Crippen LogP contribution in [0.4, 0.5) is 0 Å². The summed E-state index contributed by atoms with van der Waals surface area (Å²) in [6, 6.07) is 4.16. The van der Waals surface area contributed by atoms with E-state index in [1.807, 2.05) is 10.8 Å². The highest BCUT2D eigenvalue weighted by Gasteiger charge is 2.18. The molecular weight excluding hydrogens is 278 g/mol. The number of aromatic nitrogens is 1. The Morgan fingerprint density at radius 2 is 2.21 bits per heavy atom. The number of nitrogens with zero attached hydrogens (tertiary/aromatic N) is 1. The molecule has 0 aliphatic carbocycles. The SMILES string of the molecule is Cc1cc[n+](CCCC(=O)OC2CCSSC2)cc1. The monoisotopic (exact) mass is 298 g/mol. The van der Waals surface area contributed by atoms with Gasteiger partial charge < -0.3 is 4.74 Å². The zero-order valence-electron chi connectivity index (χ0n) is 11.2. The molecule has 0 amide bonds. The minimum Gasteiger partial charge on any atom is -0.461 e. The van der Waals surface area contributed by atoms with E-state index in [1.54, 1.807) is 10.8 Å². The van der Waals surface area contributed by atoms with Gasteiger partial charge in [0.1, 0.15) is 12.6 Å². The molecule has 19 heavy (non-hydrogen) atoms. The molecule has 1 aromatic rings. The van der Waals surface area contributed by atoms with Crippen molar-refractivity contribution in [3.63, 3.8) is 0 Å². The van der Waals surface area contributed by atoms with Gasteiger partial charge in [-0.15, -0.1) is 0 Å². The first-order valence-electron chi connectivity index (χ1n) is 6.63. The number of hydrogen-bond acceptors (Lipinski definition) is 4. The molecule has 3 nitrogen and oxygen atoms in total. The Bertz CT molecular complexity index is 402. The molecule has 5 heteroatoms. The van der Waals surface area contributed by atoms with Crippen LogP contribution in [-0.4, -0.2) is 23.6 Å². The van der Waals surface area contributed by atoms with Gasteiger partial charge in [0.2, 0.25) is 0 Å². The summed E-state index contributed by atoms with van der Waals surface area (Å²) >= 11 is 0. The molecule has 1 aromatic heterocycles. The van der Waals surface area contributed by atoms with Crippen molar-refractivity contribution >= 4 is 27.6 Å². The molecule has 0 saturated carbocycles. The molecule has 104 valence electrons. The Morgan fingerprint density at radius 1 is 1.42 bits per heavy atom. The minimum atomic E-state index is -0.0507. The second-order valence-corrected chi connectivity index (χ2v) is 7.35. The second-order valence-electron chi connectivity index (χ2n) is 4.72. The summed E-state index contributed by atoms with van der Waals surface area (Å²) in [4.78, 5) is 11.7. The molecule has 1 aliphatic rings. The van der Waals surface area contributed by atoms with Gasteiger partial charge in [0, 0.05) is 30.1 Å². The molecule has 1 fully saturated rings. The van der Waals surface area contributed by atoms with Crippen molar-refractivity contribution in [1.29, 1.82) is 0 Å². The van der Waals surface area contributed by atoms with E-state index in [-0.39, 0.29) is 12.1 Å². The lowest BCUT2D eigenvalue weighted by Gasteiger charge is -2.20. The second kappa shape index (κ2) is 7.80. The van der Waals surface area contributed by atoms with Crippen LogP contribution in [0.15, 0.2) is 24.5 Å². The van der Waals surface area contributed by atoms with Crippen molar-refractivity contribution in [2.24, 2.45) is 0 Å². The highest BCUT2D eigenvalue weighted by atomic mass is 33.1. The van der Waals surface area contributed by atoms with Crippen molar-refractivity contribution < 1.29 is 14.1 Å². The third-order valence-corrected chi connectivity index (χ3v) is 5.50. The van der Waals surface area contributed by atoms with E-state index in [1.165, 1.54) is 5.56 Å². The fraction of sp³-hybridized carbons (Fsp3) is 0.571. The van der Waals surface area contributed by atoms with Gasteiger partial charge in [-0.25, -0.2) is 4.57 Å². The van der Waals surface area contributed by atoms with E-state index in [0.717, 1.165) is 30.9 Å². The number of carbonyl (C=O) groups is 1. The molecule has 1 atom stereocenters. The zero-order chi connectivity index (χ0) is 13.5. The molecule has 0 N–H and O–H groups in total. The Balaban J connectivity index is 1.64. The lowest BCUT2D eigenvalue weighted by Crippen LogP contribution is -2.33. The van der Waals surface area contributed by atoms with E-state index in [2.05, 4.69) is 36.0 Å². The van der Waals surface area contributed by atoms with E-state index in [0.29, 0.717) is 6.42 Å². The Labute approximate surface area is 122 Å². The van der Waals surface area contributed by atoms with E-state index in [9.17, 15) is 4.79 Å². The molecule has 0 radical (unpaired) electrons. The summed E-state index contributed by atoms with van der Waals surface area (Å²) in [6.45, 7) is 2.94. The summed E-state index contributed by atoms with van der Waals surface area (Å²) in [7, 11) is 3.67. The van der Waals surface area contributed by atoms with Crippen LogP contribution in [0.3, 0.4) is 0 Å². The van der Waals surface area contributed by atoms with E-state index in [4.69, 9.17) is 4.74 Å². The Morgan fingerprint density at radius 3 is 2.89 bits per heavy atom. The average molecular weight is 298 g/mol. The number of esters is 1. The number of carbonyl (C=O) groups excluding carboxylic acids is 1. The number of ether oxygens (including phenoxy) is 1. The van der Waals surface area contributed by atoms with Gasteiger partial charge >= 0.3 is 5.97 Å². The van der Waals surface area contributed by atoms with Crippen LogP contribution in [0.5, 0.6) is 0 Å². The van der Waals surface area contributed by atoms with Crippen molar-refractivity contribution in [3.8, 4) is 0 Å². The predicted molar refractivity (Wildman–Crippen MR) is 80.0 cm³/mol. The first kappa shape index (κ1) is 14.7. The molecule has 0 spiro atoms. The number of pyridine rings is 1. The van der Waals surface area contributed by atoms with Gasteiger partial charge in [0.25, 0.3) is 0 Å². The first-order valence-corrected chi connectivity index (χ1v) is 9.12. The standard InChI is InChI=1S/C14H20NO2S2/c1-12-4-8-15(9-5-12)7-2-3-14(16)17-13-6-10-18-19-11-13/h4-5,8-9,13H,2-3,6-7,10-11H2,1H3/q+1. The van der Waals surface area contributed by atoms with Crippen molar-refractivity contribution in [1.82, 2.24) is 0 Å². The Hall–Kier alpha value is -0.680. The molecule has 1 saturated heterocycles. The van der Waals surface area contributed by atoms with Crippen molar-refractivity contribution in [2.75, 3.05) is 11.5 Å². The summed E-state index contributed by atoms with van der Waals surface area (Å²) < 4.78 is 7.57. The number of rotatable bonds is 5. The van der Waals surface area contributed by atoms with Gasteiger partial charge in [0.05, 0.1) is 6.42 Å². The summed E-state index contributed by atoms with van der Waals surface area (Å²) in [5.74, 6) is 1.97. The Kier molecular flexibility index (Phi) is 6.04. The maximum Gasteiger partial charge on any atom is 0.306 e. The van der Waals surface area contributed by atoms with Crippen LogP contribution in [0.25, 0.3) is 0 Å². The fourth-order valence-electron chi connectivity index (χ4n) is 1.87. The molecular formula is C14H20NO2S2+. The summed E-state index contributed by atoms with van der Waals surface area (Å²) in [5.41, 5.74) is 1.25. The first-order chi connectivity index (χ1) is 9.24. The largest absolute Gasteiger partial charge is 0.461 e. The highest BCUT2D eigenvalue weighted by Crippen LogP contribution is 2.30. The molecule has 2 rings (SSSR count). The average Bonchev–Trinajstić information content (AvgIpc) is 2.42. The molecule has 1 unspecified atom stereocenters. The fourth-order valence-corrected chi connectivity index (χ4v) is 4.22. The normalized spacial score (nSPS) is 19.1. The summed E-state index contributed by atoms with van der Waals surface area (Å²) in [6.07, 6.45) is 6.57. The van der Waals surface area contributed by atoms with Crippen LogP contribution in [0, 0.1) is 6.92 Å². The van der Waals surface area contributed by atoms with E-state index >= 15 is 0 Å². The molecule has 0 aromatic carbocycles. The number of aryl methyl sites for hydroxylation is 2. The highest BCUT2D eigenvalue weighted by molar-refractivity contribution is 8.76. The molecule has 2 heterocycles. The zero-order valence-corrected chi connectivity index (χ0v) is 12.8. The minimum absolute atomic E-state index is 0.0507. The van der Waals surface area contributed by atoms with Gasteiger partial charge in [-0.1, -0.05) is 21.6 Å². The number of hydrogen-bond donors (Lipinski definition) is 0. The van der Waals surface area contributed by atoms with Crippen molar-refractivity contribution in [2.45, 2.75) is 38.8 Å². The molecule has 1 aliphatic heterocycles. The van der Waals surface area contributed by atoms with Crippen LogP contribution in [0.1, 0.15) is 24.8 Å². The van der Waals surface area contributed by atoms with Gasteiger partial charge in [-0.05, 0) is 18.9 Å². The smallest absolute Gasteiger partial charge is 0.306 e. The van der Waals surface area contributed by atoms with Crippen LogP contribution in [0.2, 0.25) is 0 Å². The van der Waals surface area contributed by atoms with Crippen LogP contribution >= 0.6 is 21.6 Å². The maximum atomic E-state index is 11.7. The van der Waals surface area contributed by atoms with Crippen LogP contribution < -0.4 is 4.57 Å². The third-order valence-electron chi connectivity index (χ3n) is 3.01. The molecule has 0 bridgehead atoms. The van der Waals surface area contributed by atoms with Gasteiger partial charge in [-0.2, -0.15) is 0 Å². The van der Waals surface area contributed by atoms with Crippen molar-refractivity contribution in [3.05, 3.63) is 30.1 Å². The lowest BCUT2D eigenvalue weighted by atomic mass is 10.2. The van der Waals surface area contributed by atoms with Gasteiger partial charge in [0.15, 0.2) is 12.4 Å².